The number of likely N-dealkylation sites (tertiary alicyclic amines) is 1. The fourth-order valence-corrected chi connectivity index (χ4v) is 3.92. The third kappa shape index (κ3) is 3.90. The zero-order valence-electron chi connectivity index (χ0n) is 14.9. The summed E-state index contributed by atoms with van der Waals surface area (Å²) in [5.74, 6) is 1.06. The first-order valence-corrected chi connectivity index (χ1v) is 9.89. The maximum Gasteiger partial charge on any atom is 0.336 e. The molecule has 4 rings (SSSR count). The van der Waals surface area contributed by atoms with Crippen LogP contribution in [0.25, 0.3) is 11.0 Å². The zero-order chi connectivity index (χ0) is 18.8. The van der Waals surface area contributed by atoms with Crippen LogP contribution in [0.5, 0.6) is 0 Å². The minimum absolute atomic E-state index is 0.122. The number of carbonyl (C=O) groups is 1. The first kappa shape index (κ1) is 17.8. The molecule has 0 bridgehead atoms. The summed E-state index contributed by atoms with van der Waals surface area (Å²) in [7, 11) is 0. The molecule has 140 valence electrons. The van der Waals surface area contributed by atoms with Crippen molar-refractivity contribution in [2.45, 2.75) is 43.7 Å². The van der Waals surface area contributed by atoms with Gasteiger partial charge in [-0.3, -0.25) is 4.79 Å². The summed E-state index contributed by atoms with van der Waals surface area (Å²) in [6.45, 7) is 3.14. The number of aryl methyl sites for hydroxylation is 1. The van der Waals surface area contributed by atoms with Crippen molar-refractivity contribution >= 4 is 28.6 Å². The van der Waals surface area contributed by atoms with E-state index in [2.05, 4.69) is 17.1 Å². The van der Waals surface area contributed by atoms with Crippen LogP contribution < -0.4 is 5.63 Å². The summed E-state index contributed by atoms with van der Waals surface area (Å²) in [6.07, 6.45) is 2.33. The number of aromatic nitrogens is 2. The average molecular weight is 385 g/mol. The quantitative estimate of drug-likeness (QED) is 0.475. The van der Waals surface area contributed by atoms with Crippen LogP contribution in [0.1, 0.15) is 36.8 Å². The minimum atomic E-state index is -0.370. The molecular weight excluding hydrogens is 366 g/mol. The highest BCUT2D eigenvalue weighted by Crippen LogP contribution is 2.27. The lowest BCUT2D eigenvalue weighted by Gasteiger charge is -2.11. The van der Waals surface area contributed by atoms with Crippen LogP contribution in [0.2, 0.25) is 0 Å². The number of thioether (sulfide) groups is 1. The molecule has 0 aliphatic carbocycles. The fourth-order valence-electron chi connectivity index (χ4n) is 3.15. The highest BCUT2D eigenvalue weighted by Gasteiger charge is 2.22. The lowest BCUT2D eigenvalue weighted by Crippen LogP contribution is -2.23. The molecule has 1 saturated heterocycles. The Morgan fingerprint density at radius 1 is 1.19 bits per heavy atom. The maximum absolute atomic E-state index is 11.9. The molecule has 0 N–H and O–H groups in total. The van der Waals surface area contributed by atoms with E-state index in [4.69, 9.17) is 8.83 Å². The van der Waals surface area contributed by atoms with Crippen molar-refractivity contribution < 1.29 is 13.6 Å². The molecule has 0 atom stereocenters. The van der Waals surface area contributed by atoms with Gasteiger partial charge in [-0.05, 0) is 30.0 Å². The Hall–Kier alpha value is -2.61. The summed E-state index contributed by atoms with van der Waals surface area (Å²) in [4.78, 5) is 25.3. The Morgan fingerprint density at radius 3 is 2.85 bits per heavy atom. The minimum Gasteiger partial charge on any atom is -0.423 e. The molecule has 1 fully saturated rings. The van der Waals surface area contributed by atoms with Gasteiger partial charge >= 0.3 is 5.63 Å². The molecule has 7 nitrogen and oxygen atoms in total. The molecule has 0 radical (unpaired) electrons. The van der Waals surface area contributed by atoms with Gasteiger partial charge in [0.1, 0.15) is 5.58 Å². The molecule has 1 amide bonds. The van der Waals surface area contributed by atoms with Crippen molar-refractivity contribution in [3.63, 3.8) is 0 Å². The summed E-state index contributed by atoms with van der Waals surface area (Å²) < 4.78 is 11.0. The predicted octanol–water partition coefficient (Wildman–Crippen LogP) is 3.15. The Kier molecular flexibility index (Phi) is 4.98. The molecule has 8 heteroatoms. The Labute approximate surface area is 159 Å². The molecule has 0 unspecified atom stereocenters. The van der Waals surface area contributed by atoms with Gasteiger partial charge in [-0.15, -0.1) is 10.2 Å². The monoisotopic (exact) mass is 385 g/mol. The van der Waals surface area contributed by atoms with E-state index in [0.717, 1.165) is 35.9 Å². The standard InChI is InChI=1S/C19H19N3O4S/c1-2-12-5-6-14-13(9-18(24)25-15(14)8-12)11-27-19-21-20-16(26-19)10-22-7-3-4-17(22)23/h5-6,8-9H,2-4,7,10-11H2,1H3. The second-order valence-electron chi connectivity index (χ2n) is 6.44. The van der Waals surface area contributed by atoms with Crippen LogP contribution in [0, 0.1) is 0 Å². The molecule has 2 aromatic heterocycles. The van der Waals surface area contributed by atoms with Crippen molar-refractivity contribution in [1.29, 1.82) is 0 Å². The topological polar surface area (TPSA) is 89.4 Å². The SMILES string of the molecule is CCc1ccc2c(CSc3nnc(CN4CCCC4=O)o3)cc(=O)oc2c1. The third-order valence-corrected chi connectivity index (χ3v) is 5.47. The van der Waals surface area contributed by atoms with E-state index < -0.39 is 0 Å². The second-order valence-corrected chi connectivity index (χ2v) is 7.37. The Morgan fingerprint density at radius 2 is 2.07 bits per heavy atom. The van der Waals surface area contributed by atoms with Crippen molar-refractivity contribution in [2.24, 2.45) is 0 Å². The lowest BCUT2D eigenvalue weighted by molar-refractivity contribution is -0.128. The third-order valence-electron chi connectivity index (χ3n) is 4.60. The van der Waals surface area contributed by atoms with Crippen molar-refractivity contribution in [2.75, 3.05) is 6.54 Å². The normalized spacial score (nSPS) is 14.4. The first-order valence-electron chi connectivity index (χ1n) is 8.91. The number of hydrogen-bond acceptors (Lipinski definition) is 7. The summed E-state index contributed by atoms with van der Waals surface area (Å²) >= 11 is 1.36. The van der Waals surface area contributed by atoms with E-state index >= 15 is 0 Å². The van der Waals surface area contributed by atoms with Gasteiger partial charge in [0.25, 0.3) is 5.22 Å². The first-order chi connectivity index (χ1) is 13.1. The van der Waals surface area contributed by atoms with Crippen molar-refractivity contribution in [3.8, 4) is 0 Å². The van der Waals surface area contributed by atoms with Crippen LogP contribution in [0.4, 0.5) is 0 Å². The number of benzene rings is 1. The molecule has 1 aliphatic heterocycles. The van der Waals surface area contributed by atoms with Gasteiger partial charge in [-0.1, -0.05) is 30.8 Å². The molecule has 0 spiro atoms. The van der Waals surface area contributed by atoms with Gasteiger partial charge in [0, 0.05) is 30.2 Å². The van der Waals surface area contributed by atoms with Crippen LogP contribution in [-0.4, -0.2) is 27.5 Å². The predicted molar refractivity (Wildman–Crippen MR) is 100 cm³/mol. The van der Waals surface area contributed by atoms with Gasteiger partial charge in [0.2, 0.25) is 11.8 Å². The number of rotatable bonds is 6. The highest BCUT2D eigenvalue weighted by molar-refractivity contribution is 7.98. The van der Waals surface area contributed by atoms with Gasteiger partial charge in [0.15, 0.2) is 0 Å². The number of hydrogen-bond donors (Lipinski definition) is 0. The van der Waals surface area contributed by atoms with Crippen LogP contribution in [-0.2, 0) is 23.5 Å². The smallest absolute Gasteiger partial charge is 0.336 e. The van der Waals surface area contributed by atoms with Crippen molar-refractivity contribution in [1.82, 2.24) is 15.1 Å². The van der Waals surface area contributed by atoms with E-state index in [0.29, 0.717) is 35.4 Å². The maximum atomic E-state index is 11.9. The second kappa shape index (κ2) is 7.56. The summed E-state index contributed by atoms with van der Waals surface area (Å²) in [5.41, 5.74) is 2.21. The van der Waals surface area contributed by atoms with Gasteiger partial charge in [-0.2, -0.15) is 0 Å². The average Bonchev–Trinajstić information content (AvgIpc) is 3.28. The highest BCUT2D eigenvalue weighted by atomic mass is 32.2. The van der Waals surface area contributed by atoms with E-state index in [9.17, 15) is 9.59 Å². The molecule has 3 heterocycles. The van der Waals surface area contributed by atoms with E-state index in [1.54, 1.807) is 4.90 Å². The molecule has 1 aliphatic rings. The van der Waals surface area contributed by atoms with Crippen LogP contribution in [0.3, 0.4) is 0 Å². The molecule has 1 aromatic carbocycles. The van der Waals surface area contributed by atoms with Gasteiger partial charge < -0.3 is 13.7 Å². The Bertz CT molecular complexity index is 1040. The largest absolute Gasteiger partial charge is 0.423 e. The Balaban J connectivity index is 1.49. The molecule has 0 saturated carbocycles. The van der Waals surface area contributed by atoms with Crippen LogP contribution >= 0.6 is 11.8 Å². The zero-order valence-corrected chi connectivity index (χ0v) is 15.8. The van der Waals surface area contributed by atoms with Crippen LogP contribution in [0.15, 0.2) is 43.1 Å². The summed E-state index contributed by atoms with van der Waals surface area (Å²) in [5, 5.41) is 9.38. The molecule has 3 aromatic rings. The van der Waals surface area contributed by atoms with E-state index in [1.807, 2.05) is 18.2 Å². The van der Waals surface area contributed by atoms with Gasteiger partial charge in [-0.25, -0.2) is 4.79 Å². The summed E-state index contributed by atoms with van der Waals surface area (Å²) in [6, 6.07) is 7.42. The van der Waals surface area contributed by atoms with Crippen molar-refractivity contribution in [3.05, 3.63) is 51.7 Å². The number of nitrogens with zero attached hydrogens (tertiary/aromatic N) is 3. The van der Waals surface area contributed by atoms with E-state index in [-0.39, 0.29) is 11.5 Å². The molecule has 27 heavy (non-hydrogen) atoms. The van der Waals surface area contributed by atoms with E-state index in [1.165, 1.54) is 17.8 Å². The number of fused-ring (bicyclic) bond motifs is 1. The lowest BCUT2D eigenvalue weighted by atomic mass is 10.1. The number of carbonyl (C=O) groups excluding carboxylic acids is 1. The molecular formula is C19H19N3O4S. The van der Waals surface area contributed by atoms with Gasteiger partial charge in [0.05, 0.1) is 6.54 Å². The number of amides is 1. The fraction of sp³-hybridized carbons (Fsp3) is 0.368.